The van der Waals surface area contributed by atoms with Gasteiger partial charge in [0.05, 0.1) is 38.1 Å². The molecule has 186 valence electrons. The fourth-order valence-electron chi connectivity index (χ4n) is 3.99. The lowest BCUT2D eigenvalue weighted by Gasteiger charge is -2.23. The number of carbonyl (C=O) groups excluding carboxylic acids is 1. The van der Waals surface area contributed by atoms with Gasteiger partial charge in [-0.15, -0.1) is 11.3 Å². The first-order chi connectivity index (χ1) is 16.7. The van der Waals surface area contributed by atoms with Crippen LogP contribution < -0.4 is 21.7 Å². The lowest BCUT2D eigenvalue weighted by atomic mass is 10.1. The number of hydrogen-bond acceptors (Lipinski definition) is 7. The molecule has 0 unspecified atom stereocenters. The minimum absolute atomic E-state index is 0.0275. The number of nitrogens with zero attached hydrogens (tertiary/aromatic N) is 3. The molecule has 0 spiro atoms. The van der Waals surface area contributed by atoms with Gasteiger partial charge in [-0.2, -0.15) is 5.26 Å². The zero-order valence-electron chi connectivity index (χ0n) is 20.0. The summed E-state index contributed by atoms with van der Waals surface area (Å²) in [7, 11) is 1.43. The number of aromatic nitrogens is 2. The van der Waals surface area contributed by atoms with Crippen molar-refractivity contribution >= 4 is 27.5 Å². The second kappa shape index (κ2) is 10.8. The molecule has 0 radical (unpaired) electrons. The van der Waals surface area contributed by atoms with E-state index in [0.29, 0.717) is 28.0 Å². The first-order valence-electron chi connectivity index (χ1n) is 11.0. The molecule has 2 aromatic heterocycles. The summed E-state index contributed by atoms with van der Waals surface area (Å²) in [6.45, 7) is 5.04. The van der Waals surface area contributed by atoms with Crippen molar-refractivity contribution in [2.45, 2.75) is 52.3 Å². The summed E-state index contributed by atoms with van der Waals surface area (Å²) < 4.78 is 27.7. The summed E-state index contributed by atoms with van der Waals surface area (Å²) in [5.41, 5.74) is 5.18. The number of carbonyl (C=O) groups is 1. The average Bonchev–Trinajstić information content (AvgIpc) is 3.16. The number of methoxy groups -OCH3 is 1. The highest BCUT2D eigenvalue weighted by Crippen LogP contribution is 2.33. The van der Waals surface area contributed by atoms with Gasteiger partial charge in [0, 0.05) is 10.4 Å². The number of benzene rings is 1. The van der Waals surface area contributed by atoms with Crippen molar-refractivity contribution in [3.63, 3.8) is 0 Å². The van der Waals surface area contributed by atoms with Crippen LogP contribution in [-0.4, -0.2) is 28.8 Å². The highest BCUT2D eigenvalue weighted by Gasteiger charge is 2.27. The Morgan fingerprint density at radius 2 is 2.06 bits per heavy atom. The van der Waals surface area contributed by atoms with E-state index in [1.54, 1.807) is 6.92 Å². The van der Waals surface area contributed by atoms with Crippen molar-refractivity contribution in [2.24, 2.45) is 5.73 Å². The number of halogens is 1. The quantitative estimate of drug-likeness (QED) is 0.424. The van der Waals surface area contributed by atoms with Gasteiger partial charge in [0.1, 0.15) is 28.5 Å². The van der Waals surface area contributed by atoms with Gasteiger partial charge in [0.2, 0.25) is 5.91 Å². The molecule has 0 fully saturated rings. The Hall–Kier alpha value is -3.49. The predicted octanol–water partition coefficient (Wildman–Crippen LogP) is 2.96. The molecule has 9 nitrogen and oxygen atoms in total. The van der Waals surface area contributed by atoms with E-state index in [2.05, 4.69) is 0 Å². The molecule has 0 saturated carbocycles. The van der Waals surface area contributed by atoms with E-state index in [1.807, 2.05) is 13.0 Å². The third-order valence-corrected chi connectivity index (χ3v) is 7.34. The van der Waals surface area contributed by atoms with Crippen molar-refractivity contribution in [2.75, 3.05) is 13.7 Å². The molecule has 2 heterocycles. The first kappa shape index (κ1) is 26.1. The van der Waals surface area contributed by atoms with Crippen molar-refractivity contribution < 1.29 is 18.7 Å². The van der Waals surface area contributed by atoms with Gasteiger partial charge in [-0.05, 0) is 44.0 Å². The van der Waals surface area contributed by atoms with Crippen molar-refractivity contribution in [3.05, 3.63) is 60.9 Å². The van der Waals surface area contributed by atoms with Gasteiger partial charge in [0.15, 0.2) is 0 Å². The average molecular weight is 503 g/mol. The van der Waals surface area contributed by atoms with Gasteiger partial charge in [-0.25, -0.2) is 13.8 Å². The van der Waals surface area contributed by atoms with Crippen LogP contribution in [0.25, 0.3) is 10.2 Å². The molecule has 0 bridgehead atoms. The summed E-state index contributed by atoms with van der Waals surface area (Å²) in [5, 5.41) is 9.28. The Balaban J connectivity index is 2.31. The van der Waals surface area contributed by atoms with Crippen molar-refractivity contribution in [1.29, 1.82) is 5.26 Å². The molecule has 0 saturated heterocycles. The summed E-state index contributed by atoms with van der Waals surface area (Å²) in [4.78, 5) is 40.2. The number of hydrogen-bond donors (Lipinski definition) is 1. The maximum atomic E-state index is 14.2. The van der Waals surface area contributed by atoms with Gasteiger partial charge in [-0.1, -0.05) is 6.92 Å². The van der Waals surface area contributed by atoms with E-state index in [0.717, 1.165) is 15.0 Å². The molecule has 0 aliphatic rings. The topological polar surface area (TPSA) is 129 Å². The van der Waals surface area contributed by atoms with Crippen LogP contribution in [0.5, 0.6) is 5.75 Å². The standard InChI is InChI=1S/C24H27FN4O5S/c1-5-19-13(2)20-22(31)29(14(3)21(27)30)24(32)28(23(20)35-19)12-18(34-10-6-9-26)16-11-15(25)7-8-17(16)33-4/h7-8,11,14,18H,5-6,10,12H2,1-4H3,(H2,27,30)/t14-,18-/m0/s1. The second-order valence-corrected chi connectivity index (χ2v) is 9.07. The fraction of sp³-hybridized carbons (Fsp3) is 0.417. The number of aryl methyl sites for hydroxylation is 2. The SMILES string of the molecule is CCc1sc2c(c1C)c(=O)n([C@@H](C)C(N)=O)c(=O)n2C[C@H](OCCC#N)c1cc(F)ccc1OC. The van der Waals surface area contributed by atoms with Gasteiger partial charge in [-0.3, -0.25) is 14.2 Å². The smallest absolute Gasteiger partial charge is 0.332 e. The van der Waals surface area contributed by atoms with Gasteiger partial charge < -0.3 is 15.2 Å². The molecular weight excluding hydrogens is 475 g/mol. The summed E-state index contributed by atoms with van der Waals surface area (Å²) in [6, 6.07) is 4.74. The van der Waals surface area contributed by atoms with E-state index in [4.69, 9.17) is 20.5 Å². The number of fused-ring (bicyclic) bond motifs is 1. The maximum absolute atomic E-state index is 14.2. The number of primary amides is 1. The fourth-order valence-corrected chi connectivity index (χ4v) is 5.23. The Bertz CT molecular complexity index is 1420. The molecule has 1 aromatic carbocycles. The zero-order chi connectivity index (χ0) is 25.9. The first-order valence-corrected chi connectivity index (χ1v) is 11.9. The van der Waals surface area contributed by atoms with Crippen LogP contribution in [-0.2, 0) is 22.5 Å². The van der Waals surface area contributed by atoms with Crippen LogP contribution in [0.3, 0.4) is 0 Å². The zero-order valence-corrected chi connectivity index (χ0v) is 20.8. The molecule has 35 heavy (non-hydrogen) atoms. The Morgan fingerprint density at radius 3 is 2.66 bits per heavy atom. The normalized spacial score (nSPS) is 12.9. The molecule has 2 atom stereocenters. The number of amides is 1. The Labute approximate surface area is 205 Å². The lowest BCUT2D eigenvalue weighted by Crippen LogP contribution is -2.45. The highest BCUT2D eigenvalue weighted by atomic mass is 32.1. The number of ether oxygens (including phenoxy) is 2. The van der Waals surface area contributed by atoms with Gasteiger partial charge >= 0.3 is 5.69 Å². The largest absolute Gasteiger partial charge is 0.496 e. The summed E-state index contributed by atoms with van der Waals surface area (Å²) >= 11 is 1.31. The van der Waals surface area contributed by atoms with Crippen LogP contribution >= 0.6 is 11.3 Å². The van der Waals surface area contributed by atoms with Crippen LogP contribution in [0, 0.1) is 24.1 Å². The van der Waals surface area contributed by atoms with Crippen LogP contribution in [0.1, 0.15) is 48.4 Å². The monoisotopic (exact) mass is 502 g/mol. The van der Waals surface area contributed by atoms with E-state index in [1.165, 1.54) is 48.1 Å². The highest BCUT2D eigenvalue weighted by molar-refractivity contribution is 7.18. The van der Waals surface area contributed by atoms with E-state index in [-0.39, 0.29) is 19.6 Å². The van der Waals surface area contributed by atoms with E-state index >= 15 is 0 Å². The Morgan fingerprint density at radius 1 is 1.34 bits per heavy atom. The molecule has 2 N–H and O–H groups in total. The number of rotatable bonds is 10. The number of thiophene rings is 1. The maximum Gasteiger partial charge on any atom is 0.332 e. The molecule has 11 heteroatoms. The number of nitrogens with two attached hydrogens (primary N) is 1. The molecule has 3 aromatic rings. The third-order valence-electron chi connectivity index (χ3n) is 5.88. The van der Waals surface area contributed by atoms with Crippen LogP contribution in [0.2, 0.25) is 0 Å². The van der Waals surface area contributed by atoms with Gasteiger partial charge in [0.25, 0.3) is 5.56 Å². The molecule has 0 aliphatic heterocycles. The van der Waals surface area contributed by atoms with E-state index < -0.39 is 35.1 Å². The predicted molar refractivity (Wildman–Crippen MR) is 130 cm³/mol. The summed E-state index contributed by atoms with van der Waals surface area (Å²) in [5.74, 6) is -1.01. The van der Waals surface area contributed by atoms with E-state index in [9.17, 15) is 18.8 Å². The molecule has 3 rings (SSSR count). The number of nitriles is 1. The lowest BCUT2D eigenvalue weighted by molar-refractivity contribution is -0.120. The van der Waals surface area contributed by atoms with Crippen LogP contribution in [0.15, 0.2) is 27.8 Å². The molecule has 0 aliphatic carbocycles. The minimum atomic E-state index is -1.18. The molecule has 1 amide bonds. The minimum Gasteiger partial charge on any atom is -0.496 e. The third kappa shape index (κ3) is 4.99. The second-order valence-electron chi connectivity index (χ2n) is 7.98. The van der Waals surface area contributed by atoms with Crippen LogP contribution in [0.4, 0.5) is 4.39 Å². The summed E-state index contributed by atoms with van der Waals surface area (Å²) in [6.07, 6.45) is -0.170. The van der Waals surface area contributed by atoms with Crippen molar-refractivity contribution in [3.8, 4) is 11.8 Å². The van der Waals surface area contributed by atoms with Crippen molar-refractivity contribution in [1.82, 2.24) is 9.13 Å². The Kier molecular flexibility index (Phi) is 8.09. The molecular formula is C24H27FN4O5S.